The molecule has 0 aromatic carbocycles. The van der Waals surface area contributed by atoms with Crippen molar-refractivity contribution in [2.24, 2.45) is 5.73 Å². The van der Waals surface area contributed by atoms with Gasteiger partial charge in [0, 0.05) is 6.54 Å². The first kappa shape index (κ1) is 51.2. The second kappa shape index (κ2) is 38.5. The maximum Gasteiger partial charge on any atom is 0.472 e. The largest absolute Gasteiger partial charge is 0.472 e. The highest BCUT2D eigenvalue weighted by Gasteiger charge is 2.28. The number of hydrogen-bond donors (Lipinski definition) is 5. The summed E-state index contributed by atoms with van der Waals surface area (Å²) in [6.07, 6.45) is 38.2. The van der Waals surface area contributed by atoms with Gasteiger partial charge in [-0.1, -0.05) is 180 Å². The Morgan fingerprint density at radius 1 is 0.635 bits per heavy atom. The molecule has 52 heavy (non-hydrogen) atoms. The number of carbonyl (C=O) groups is 1. The highest BCUT2D eigenvalue weighted by atomic mass is 31.2. The van der Waals surface area contributed by atoms with Crippen molar-refractivity contribution in [3.8, 4) is 0 Å². The van der Waals surface area contributed by atoms with Crippen LogP contribution in [0.1, 0.15) is 213 Å². The molecular weight excluding hydrogens is 675 g/mol. The molecule has 0 saturated carbocycles. The Morgan fingerprint density at radius 3 is 1.50 bits per heavy atom. The van der Waals surface area contributed by atoms with Crippen LogP contribution in [0.2, 0.25) is 0 Å². The summed E-state index contributed by atoms with van der Waals surface area (Å²) in [4.78, 5) is 22.8. The minimum atomic E-state index is -4.37. The lowest BCUT2D eigenvalue weighted by atomic mass is 10.0. The number of phosphoric ester groups is 1. The molecule has 0 aliphatic carbocycles. The zero-order valence-electron chi connectivity index (χ0n) is 33.9. The number of hydrogen-bond acceptors (Lipinski definition) is 7. The second-order valence-electron chi connectivity index (χ2n) is 15.1. The van der Waals surface area contributed by atoms with Gasteiger partial charge in [-0.25, -0.2) is 4.57 Å². The van der Waals surface area contributed by atoms with Crippen molar-refractivity contribution in [1.29, 1.82) is 0 Å². The number of carbonyl (C=O) groups excluding carboxylic acids is 1. The SMILES string of the molecule is CCCCCCCCC/C=C\CCCCCC(O)CC(=O)NC(COP(=O)(O)OCCN)C(O)CCCCCCCCCCCCCCCCCC. The van der Waals surface area contributed by atoms with Gasteiger partial charge in [-0.15, -0.1) is 0 Å². The molecule has 0 aliphatic rings. The van der Waals surface area contributed by atoms with Gasteiger partial charge >= 0.3 is 7.82 Å². The highest BCUT2D eigenvalue weighted by Crippen LogP contribution is 2.43. The van der Waals surface area contributed by atoms with E-state index in [2.05, 4.69) is 31.3 Å². The average molecular weight is 761 g/mol. The van der Waals surface area contributed by atoms with E-state index in [0.717, 1.165) is 51.4 Å². The molecular formula is C42H85N2O7P. The quantitative estimate of drug-likeness (QED) is 0.0235. The van der Waals surface area contributed by atoms with Crippen LogP contribution in [0.15, 0.2) is 12.2 Å². The van der Waals surface area contributed by atoms with Crippen molar-refractivity contribution in [2.45, 2.75) is 231 Å². The van der Waals surface area contributed by atoms with Gasteiger partial charge in [0.2, 0.25) is 5.91 Å². The molecule has 0 aromatic rings. The highest BCUT2D eigenvalue weighted by molar-refractivity contribution is 7.47. The summed E-state index contributed by atoms with van der Waals surface area (Å²) in [6.45, 7) is 4.04. The fraction of sp³-hybridized carbons (Fsp3) is 0.929. The van der Waals surface area contributed by atoms with Crippen LogP contribution in [0.5, 0.6) is 0 Å². The van der Waals surface area contributed by atoms with Crippen molar-refractivity contribution in [2.75, 3.05) is 19.8 Å². The second-order valence-corrected chi connectivity index (χ2v) is 16.6. The fourth-order valence-electron chi connectivity index (χ4n) is 6.59. The summed E-state index contributed by atoms with van der Waals surface area (Å²) >= 11 is 0. The molecule has 0 saturated heterocycles. The zero-order chi connectivity index (χ0) is 38.4. The number of nitrogens with one attached hydrogen (secondary N) is 1. The van der Waals surface area contributed by atoms with E-state index in [0.29, 0.717) is 12.8 Å². The molecule has 6 N–H and O–H groups in total. The van der Waals surface area contributed by atoms with Gasteiger partial charge in [0.05, 0.1) is 37.9 Å². The summed E-state index contributed by atoms with van der Waals surface area (Å²) in [5.41, 5.74) is 5.37. The van der Waals surface area contributed by atoms with Gasteiger partial charge in [0.25, 0.3) is 0 Å². The zero-order valence-corrected chi connectivity index (χ0v) is 34.8. The van der Waals surface area contributed by atoms with Crippen LogP contribution in [-0.2, 0) is 18.4 Å². The smallest absolute Gasteiger partial charge is 0.393 e. The van der Waals surface area contributed by atoms with Gasteiger partial charge in [-0.2, -0.15) is 0 Å². The number of amides is 1. The molecule has 0 spiro atoms. The Balaban J connectivity index is 4.28. The van der Waals surface area contributed by atoms with E-state index < -0.39 is 32.0 Å². The molecule has 0 aromatic heterocycles. The molecule has 4 unspecified atom stereocenters. The van der Waals surface area contributed by atoms with Gasteiger partial charge in [-0.05, 0) is 38.5 Å². The fourth-order valence-corrected chi connectivity index (χ4v) is 7.35. The average Bonchev–Trinajstić information content (AvgIpc) is 3.12. The molecule has 0 rings (SSSR count). The van der Waals surface area contributed by atoms with E-state index in [-0.39, 0.29) is 26.2 Å². The van der Waals surface area contributed by atoms with E-state index in [1.165, 1.54) is 128 Å². The van der Waals surface area contributed by atoms with E-state index in [1.807, 2.05) is 0 Å². The van der Waals surface area contributed by atoms with Gasteiger partial charge < -0.3 is 26.2 Å². The molecule has 0 heterocycles. The van der Waals surface area contributed by atoms with Gasteiger partial charge in [0.1, 0.15) is 0 Å². The van der Waals surface area contributed by atoms with Crippen LogP contribution < -0.4 is 11.1 Å². The van der Waals surface area contributed by atoms with Crippen LogP contribution in [-0.4, -0.2) is 59.0 Å². The van der Waals surface area contributed by atoms with Crippen molar-refractivity contribution in [1.82, 2.24) is 5.32 Å². The first-order valence-electron chi connectivity index (χ1n) is 21.9. The number of aliphatic hydroxyl groups excluding tert-OH is 2. The number of allylic oxidation sites excluding steroid dienone is 2. The van der Waals surface area contributed by atoms with Crippen molar-refractivity contribution in [3.05, 3.63) is 12.2 Å². The van der Waals surface area contributed by atoms with E-state index in [9.17, 15) is 24.5 Å². The van der Waals surface area contributed by atoms with Crippen LogP contribution in [0, 0.1) is 0 Å². The molecule has 0 bridgehead atoms. The van der Waals surface area contributed by atoms with Gasteiger partial charge in [0.15, 0.2) is 0 Å². The number of rotatable bonds is 41. The van der Waals surface area contributed by atoms with Crippen molar-refractivity contribution >= 4 is 13.7 Å². The van der Waals surface area contributed by atoms with E-state index in [1.54, 1.807) is 0 Å². The monoisotopic (exact) mass is 761 g/mol. The molecule has 10 heteroatoms. The van der Waals surface area contributed by atoms with Crippen molar-refractivity contribution in [3.63, 3.8) is 0 Å². The molecule has 0 fully saturated rings. The minimum Gasteiger partial charge on any atom is -0.393 e. The topological polar surface area (TPSA) is 151 Å². The third-order valence-electron chi connectivity index (χ3n) is 9.92. The Hall–Kier alpha value is -0.800. The first-order valence-corrected chi connectivity index (χ1v) is 23.4. The summed E-state index contributed by atoms with van der Waals surface area (Å²) in [5, 5.41) is 24.2. The van der Waals surface area contributed by atoms with Crippen LogP contribution >= 0.6 is 7.82 Å². The van der Waals surface area contributed by atoms with Crippen LogP contribution in [0.4, 0.5) is 0 Å². The molecule has 9 nitrogen and oxygen atoms in total. The normalized spacial score (nSPS) is 14.8. The van der Waals surface area contributed by atoms with Crippen LogP contribution in [0.3, 0.4) is 0 Å². The third-order valence-corrected chi connectivity index (χ3v) is 10.9. The molecule has 4 atom stereocenters. The standard InChI is InChI=1S/C42H85N2O7P/c1-3-5-7-9-11-13-15-17-19-20-22-24-26-28-30-32-34-41(46)40(38-51-52(48,49)50-36-35-43)44-42(47)37-39(45)33-31-29-27-25-23-21-18-16-14-12-10-8-6-4-2/h21,23,39-41,45-46H,3-20,22,24-38,43H2,1-2H3,(H,44,47)(H,48,49)/b23-21-. The maximum absolute atomic E-state index is 12.8. The molecule has 0 radical (unpaired) electrons. The lowest BCUT2D eigenvalue weighted by molar-refractivity contribution is -0.125. The van der Waals surface area contributed by atoms with Crippen LogP contribution in [0.25, 0.3) is 0 Å². The molecule has 310 valence electrons. The number of phosphoric acid groups is 1. The number of nitrogens with two attached hydrogens (primary N) is 1. The predicted molar refractivity (Wildman–Crippen MR) is 218 cm³/mol. The number of aliphatic hydroxyl groups is 2. The summed E-state index contributed by atoms with van der Waals surface area (Å²) in [5.74, 6) is -0.420. The number of unbranched alkanes of at least 4 members (excludes halogenated alkanes) is 25. The summed E-state index contributed by atoms with van der Waals surface area (Å²) in [7, 11) is -4.37. The Labute approximate surface area is 320 Å². The van der Waals surface area contributed by atoms with Crippen molar-refractivity contribution < 1.29 is 33.5 Å². The Kier molecular flexibility index (Phi) is 37.9. The Bertz CT molecular complexity index is 847. The summed E-state index contributed by atoms with van der Waals surface area (Å²) < 4.78 is 22.1. The van der Waals surface area contributed by atoms with E-state index in [4.69, 9.17) is 14.8 Å². The maximum atomic E-state index is 12.8. The lowest BCUT2D eigenvalue weighted by Crippen LogP contribution is -2.47. The lowest BCUT2D eigenvalue weighted by Gasteiger charge is -2.25. The minimum absolute atomic E-state index is 0.0594. The predicted octanol–water partition coefficient (Wildman–Crippen LogP) is 11.0. The third kappa shape index (κ3) is 36.2. The van der Waals surface area contributed by atoms with E-state index >= 15 is 0 Å². The summed E-state index contributed by atoms with van der Waals surface area (Å²) in [6, 6.07) is -0.897. The van der Waals surface area contributed by atoms with Gasteiger partial charge in [-0.3, -0.25) is 13.8 Å². The molecule has 1 amide bonds. The first-order chi connectivity index (χ1) is 25.3. The molecule has 0 aliphatic heterocycles. The Morgan fingerprint density at radius 2 is 1.04 bits per heavy atom.